The second-order valence-electron chi connectivity index (χ2n) is 6.79. The molecule has 0 fully saturated rings. The molecule has 25 heavy (non-hydrogen) atoms. The van der Waals surface area contributed by atoms with Crippen molar-refractivity contribution < 1.29 is 4.74 Å². The third kappa shape index (κ3) is 3.89. The maximum absolute atomic E-state index is 6.45. The van der Waals surface area contributed by atoms with Gasteiger partial charge in [-0.1, -0.05) is 19.9 Å². The van der Waals surface area contributed by atoms with Crippen LogP contribution < -0.4 is 5.73 Å². The van der Waals surface area contributed by atoms with Gasteiger partial charge in [-0.3, -0.25) is 4.98 Å². The Morgan fingerprint density at radius 2 is 1.88 bits per heavy atom. The highest BCUT2D eigenvalue weighted by molar-refractivity contribution is 5.82. The summed E-state index contributed by atoms with van der Waals surface area (Å²) < 4.78 is 7.50. The second kappa shape index (κ2) is 7.76. The third-order valence-electron chi connectivity index (χ3n) is 4.37. The number of nitrogens with zero attached hydrogens (tertiary/aromatic N) is 3. The maximum Gasteiger partial charge on any atom is 0.126 e. The van der Waals surface area contributed by atoms with Gasteiger partial charge in [0.05, 0.1) is 23.7 Å². The van der Waals surface area contributed by atoms with E-state index in [-0.39, 0.29) is 6.04 Å². The molecule has 1 atom stereocenters. The highest BCUT2D eigenvalue weighted by atomic mass is 16.5. The minimum absolute atomic E-state index is 0.0753. The monoisotopic (exact) mass is 338 g/mol. The van der Waals surface area contributed by atoms with E-state index in [1.807, 2.05) is 24.5 Å². The molecule has 0 spiro atoms. The number of hydrogen-bond donors (Lipinski definition) is 1. The number of ether oxygens (including phenoxy) is 1. The summed E-state index contributed by atoms with van der Waals surface area (Å²) in [6.07, 6.45) is 4.53. The minimum Gasteiger partial charge on any atom is -0.383 e. The summed E-state index contributed by atoms with van der Waals surface area (Å²) in [7, 11) is 1.72. The summed E-state index contributed by atoms with van der Waals surface area (Å²) in [5.41, 5.74) is 10.8. The Hall–Kier alpha value is -2.24. The van der Waals surface area contributed by atoms with Crippen molar-refractivity contribution in [2.45, 2.75) is 32.9 Å². The topological polar surface area (TPSA) is 66.0 Å². The van der Waals surface area contributed by atoms with E-state index in [1.165, 1.54) is 0 Å². The van der Waals surface area contributed by atoms with Crippen LogP contribution in [0.15, 0.2) is 42.7 Å². The summed E-state index contributed by atoms with van der Waals surface area (Å²) in [6, 6.07) is 10.3. The molecule has 0 amide bonds. The Kier molecular flexibility index (Phi) is 5.46. The van der Waals surface area contributed by atoms with Gasteiger partial charge in [0.15, 0.2) is 0 Å². The molecule has 2 heterocycles. The van der Waals surface area contributed by atoms with Gasteiger partial charge in [-0.25, -0.2) is 4.98 Å². The number of imidazole rings is 1. The Morgan fingerprint density at radius 3 is 2.56 bits per heavy atom. The number of benzene rings is 1. The maximum atomic E-state index is 6.45. The van der Waals surface area contributed by atoms with Crippen LogP contribution in [0.2, 0.25) is 0 Å². The molecule has 0 aliphatic heterocycles. The summed E-state index contributed by atoms with van der Waals surface area (Å²) in [5, 5.41) is 0. The van der Waals surface area contributed by atoms with Crippen molar-refractivity contribution >= 4 is 11.0 Å². The van der Waals surface area contributed by atoms with Gasteiger partial charge in [-0.2, -0.15) is 0 Å². The number of pyridine rings is 1. The zero-order valence-electron chi connectivity index (χ0n) is 15.1. The van der Waals surface area contributed by atoms with E-state index in [0.717, 1.165) is 41.0 Å². The predicted octanol–water partition coefficient (Wildman–Crippen LogP) is 3.79. The van der Waals surface area contributed by atoms with E-state index in [1.54, 1.807) is 7.11 Å². The average molecular weight is 338 g/mol. The molecular weight excluding hydrogens is 312 g/mol. The molecule has 0 aliphatic rings. The highest BCUT2D eigenvalue weighted by Gasteiger charge is 2.18. The van der Waals surface area contributed by atoms with Gasteiger partial charge in [0, 0.05) is 26.0 Å². The predicted molar refractivity (Wildman–Crippen MR) is 101 cm³/mol. The molecule has 0 radical (unpaired) electrons. The number of hydrogen-bond acceptors (Lipinski definition) is 4. The van der Waals surface area contributed by atoms with Crippen molar-refractivity contribution in [3.63, 3.8) is 0 Å². The fourth-order valence-electron chi connectivity index (χ4n) is 3.18. The first kappa shape index (κ1) is 17.6. The van der Waals surface area contributed by atoms with E-state index in [4.69, 9.17) is 15.5 Å². The normalized spacial score (nSPS) is 12.8. The van der Waals surface area contributed by atoms with Gasteiger partial charge in [-0.15, -0.1) is 0 Å². The molecule has 0 saturated heterocycles. The van der Waals surface area contributed by atoms with E-state index in [0.29, 0.717) is 12.5 Å². The average Bonchev–Trinajstić information content (AvgIpc) is 2.98. The van der Waals surface area contributed by atoms with Crippen LogP contribution in [0.1, 0.15) is 32.1 Å². The highest BCUT2D eigenvalue weighted by Crippen LogP contribution is 2.28. The Morgan fingerprint density at radius 1 is 1.12 bits per heavy atom. The molecule has 3 rings (SSSR count). The standard InChI is InChI=1S/C20H26N4O/c1-14(2)12-17(21)20-23-18-5-4-16(15-6-8-22-9-7-15)13-19(18)24(20)10-11-25-3/h4-9,13-14,17H,10-12,21H2,1-3H3. The van der Waals surface area contributed by atoms with Crippen LogP contribution in [0, 0.1) is 5.92 Å². The van der Waals surface area contributed by atoms with Crippen LogP contribution in [-0.4, -0.2) is 28.3 Å². The molecule has 1 unspecified atom stereocenters. The largest absolute Gasteiger partial charge is 0.383 e. The number of rotatable bonds is 7. The van der Waals surface area contributed by atoms with Crippen LogP contribution >= 0.6 is 0 Å². The van der Waals surface area contributed by atoms with Crippen molar-refractivity contribution in [1.82, 2.24) is 14.5 Å². The smallest absolute Gasteiger partial charge is 0.126 e. The molecule has 5 heteroatoms. The number of fused-ring (bicyclic) bond motifs is 1. The summed E-state index contributed by atoms with van der Waals surface area (Å²) in [5.74, 6) is 1.46. The first-order valence-electron chi connectivity index (χ1n) is 8.75. The lowest BCUT2D eigenvalue weighted by Gasteiger charge is -2.16. The number of nitrogens with two attached hydrogens (primary N) is 1. The van der Waals surface area contributed by atoms with Gasteiger partial charge in [0.1, 0.15) is 5.82 Å². The third-order valence-corrected chi connectivity index (χ3v) is 4.37. The minimum atomic E-state index is -0.0753. The van der Waals surface area contributed by atoms with Crippen molar-refractivity contribution in [2.24, 2.45) is 11.7 Å². The summed E-state index contributed by atoms with van der Waals surface area (Å²) >= 11 is 0. The SMILES string of the molecule is COCCn1c(C(N)CC(C)C)nc2ccc(-c3ccncc3)cc21. The lowest BCUT2D eigenvalue weighted by Crippen LogP contribution is -2.19. The fourth-order valence-corrected chi connectivity index (χ4v) is 3.18. The molecule has 2 aromatic heterocycles. The Bertz CT molecular complexity index is 826. The van der Waals surface area contributed by atoms with Crippen molar-refractivity contribution in [1.29, 1.82) is 0 Å². The van der Waals surface area contributed by atoms with Gasteiger partial charge in [0.2, 0.25) is 0 Å². The number of methoxy groups -OCH3 is 1. The van der Waals surface area contributed by atoms with Crippen LogP contribution in [0.5, 0.6) is 0 Å². The Balaban J connectivity index is 2.08. The number of aromatic nitrogens is 3. The molecule has 132 valence electrons. The molecule has 0 aliphatic carbocycles. The molecule has 2 N–H and O–H groups in total. The van der Waals surface area contributed by atoms with Crippen molar-refractivity contribution in [3.05, 3.63) is 48.5 Å². The van der Waals surface area contributed by atoms with E-state index >= 15 is 0 Å². The van der Waals surface area contributed by atoms with Crippen LogP contribution in [0.3, 0.4) is 0 Å². The van der Waals surface area contributed by atoms with Gasteiger partial charge in [-0.05, 0) is 47.7 Å². The van der Waals surface area contributed by atoms with Gasteiger partial charge < -0.3 is 15.0 Å². The zero-order valence-corrected chi connectivity index (χ0v) is 15.1. The quantitative estimate of drug-likeness (QED) is 0.712. The first-order chi connectivity index (χ1) is 12.1. The second-order valence-corrected chi connectivity index (χ2v) is 6.79. The fraction of sp³-hybridized carbons (Fsp3) is 0.400. The summed E-state index contributed by atoms with van der Waals surface area (Å²) in [4.78, 5) is 8.92. The van der Waals surface area contributed by atoms with Crippen LogP contribution in [0.4, 0.5) is 0 Å². The Labute approximate surface area is 148 Å². The molecule has 5 nitrogen and oxygen atoms in total. The van der Waals surface area contributed by atoms with E-state index in [2.05, 4.69) is 41.6 Å². The molecular formula is C20H26N4O. The van der Waals surface area contributed by atoms with Crippen LogP contribution in [0.25, 0.3) is 22.2 Å². The van der Waals surface area contributed by atoms with Gasteiger partial charge >= 0.3 is 0 Å². The lowest BCUT2D eigenvalue weighted by atomic mass is 10.0. The van der Waals surface area contributed by atoms with Crippen molar-refractivity contribution in [2.75, 3.05) is 13.7 Å². The molecule has 1 aromatic carbocycles. The van der Waals surface area contributed by atoms with E-state index in [9.17, 15) is 0 Å². The molecule has 0 bridgehead atoms. The van der Waals surface area contributed by atoms with Crippen LogP contribution in [-0.2, 0) is 11.3 Å². The lowest BCUT2D eigenvalue weighted by molar-refractivity contribution is 0.186. The van der Waals surface area contributed by atoms with E-state index < -0.39 is 0 Å². The molecule has 0 saturated carbocycles. The van der Waals surface area contributed by atoms with Gasteiger partial charge in [0.25, 0.3) is 0 Å². The van der Waals surface area contributed by atoms with Crippen molar-refractivity contribution in [3.8, 4) is 11.1 Å². The zero-order chi connectivity index (χ0) is 17.8. The molecule has 3 aromatic rings. The summed E-state index contributed by atoms with van der Waals surface area (Å²) in [6.45, 7) is 5.74. The first-order valence-corrected chi connectivity index (χ1v) is 8.75.